The Morgan fingerprint density at radius 3 is 2.88 bits per heavy atom. The first-order chi connectivity index (χ1) is 11.9. The third-order valence-corrected chi connectivity index (χ3v) is 6.08. The molecular weight excluding hydrogens is 401 g/mol. The molecule has 0 saturated heterocycles. The number of amides is 1. The summed E-state index contributed by atoms with van der Waals surface area (Å²) in [5.41, 5.74) is 0.968. The van der Waals surface area contributed by atoms with Gasteiger partial charge in [-0.2, -0.15) is 0 Å². The van der Waals surface area contributed by atoms with Crippen LogP contribution in [-0.4, -0.2) is 20.7 Å². The van der Waals surface area contributed by atoms with E-state index in [0.29, 0.717) is 31.1 Å². The fourth-order valence-corrected chi connectivity index (χ4v) is 4.13. The number of anilines is 1. The standard InChI is InChI=1S/C16H13Cl2N3O2S2/c1-8(14(22)19-12-7-9(17)3-4-10(12)18)25-16-20-11-5-6-24-13(11)15(23)21(16)2/h3-8H,1-2H3,(H,19,22). The molecule has 1 atom stereocenters. The number of nitrogens with zero attached hydrogens (tertiary/aromatic N) is 2. The summed E-state index contributed by atoms with van der Waals surface area (Å²) in [6.45, 7) is 1.74. The molecule has 5 nitrogen and oxygen atoms in total. The van der Waals surface area contributed by atoms with E-state index in [4.69, 9.17) is 23.2 Å². The van der Waals surface area contributed by atoms with Crippen LogP contribution in [0, 0.1) is 0 Å². The number of carbonyl (C=O) groups excluding carboxylic acids is 1. The van der Waals surface area contributed by atoms with Gasteiger partial charge in [0, 0.05) is 12.1 Å². The third-order valence-electron chi connectivity index (χ3n) is 3.48. The second-order valence-electron chi connectivity index (χ2n) is 5.27. The molecule has 0 aliphatic rings. The Morgan fingerprint density at radius 1 is 1.36 bits per heavy atom. The maximum atomic E-state index is 12.4. The quantitative estimate of drug-likeness (QED) is 0.507. The summed E-state index contributed by atoms with van der Waals surface area (Å²) in [4.78, 5) is 29.2. The molecule has 1 amide bonds. The van der Waals surface area contributed by atoms with E-state index in [1.54, 1.807) is 38.2 Å². The summed E-state index contributed by atoms with van der Waals surface area (Å²) in [5.74, 6) is -0.256. The van der Waals surface area contributed by atoms with Crippen molar-refractivity contribution in [3.63, 3.8) is 0 Å². The number of aromatic nitrogens is 2. The first-order valence-electron chi connectivity index (χ1n) is 7.23. The minimum atomic E-state index is -0.482. The van der Waals surface area contributed by atoms with Crippen molar-refractivity contribution in [2.45, 2.75) is 17.3 Å². The van der Waals surface area contributed by atoms with Crippen LogP contribution >= 0.6 is 46.3 Å². The summed E-state index contributed by atoms with van der Waals surface area (Å²) in [6, 6.07) is 6.65. The molecule has 0 saturated carbocycles. The fraction of sp³-hybridized carbons (Fsp3) is 0.188. The lowest BCUT2D eigenvalue weighted by atomic mass is 10.3. The number of halogens is 2. The Labute approximate surface area is 162 Å². The van der Waals surface area contributed by atoms with Gasteiger partial charge in [-0.15, -0.1) is 11.3 Å². The molecule has 25 heavy (non-hydrogen) atoms. The van der Waals surface area contributed by atoms with E-state index in [0.717, 1.165) is 0 Å². The molecular formula is C16H13Cl2N3O2S2. The number of hydrogen-bond donors (Lipinski definition) is 1. The zero-order valence-corrected chi connectivity index (χ0v) is 16.4. The molecule has 1 N–H and O–H groups in total. The van der Waals surface area contributed by atoms with Crippen LogP contribution in [0.2, 0.25) is 10.0 Å². The Hall–Kier alpha value is -1.54. The summed E-state index contributed by atoms with van der Waals surface area (Å²) >= 11 is 14.6. The van der Waals surface area contributed by atoms with E-state index < -0.39 is 5.25 Å². The number of hydrogen-bond acceptors (Lipinski definition) is 5. The highest BCUT2D eigenvalue weighted by molar-refractivity contribution is 8.00. The molecule has 130 valence electrons. The molecule has 3 rings (SSSR count). The highest BCUT2D eigenvalue weighted by Gasteiger charge is 2.19. The fourth-order valence-electron chi connectivity index (χ4n) is 2.11. The van der Waals surface area contributed by atoms with E-state index in [9.17, 15) is 9.59 Å². The van der Waals surface area contributed by atoms with Gasteiger partial charge in [0.05, 0.1) is 21.5 Å². The topological polar surface area (TPSA) is 64.0 Å². The van der Waals surface area contributed by atoms with E-state index >= 15 is 0 Å². The number of rotatable bonds is 4. The van der Waals surface area contributed by atoms with Gasteiger partial charge >= 0.3 is 0 Å². The van der Waals surface area contributed by atoms with E-state index in [2.05, 4.69) is 10.3 Å². The van der Waals surface area contributed by atoms with Crippen molar-refractivity contribution in [1.29, 1.82) is 0 Å². The lowest BCUT2D eigenvalue weighted by Gasteiger charge is -2.14. The van der Waals surface area contributed by atoms with E-state index in [1.807, 2.05) is 5.38 Å². The van der Waals surface area contributed by atoms with E-state index in [1.165, 1.54) is 27.7 Å². The zero-order chi connectivity index (χ0) is 18.1. The van der Waals surface area contributed by atoms with Crippen LogP contribution in [0.25, 0.3) is 10.2 Å². The molecule has 0 aliphatic carbocycles. The van der Waals surface area contributed by atoms with Crippen LogP contribution < -0.4 is 10.9 Å². The summed E-state index contributed by atoms with van der Waals surface area (Å²) in [6.07, 6.45) is 0. The Bertz CT molecular complexity index is 1020. The second-order valence-corrected chi connectivity index (χ2v) is 8.33. The molecule has 0 spiro atoms. The third kappa shape index (κ3) is 3.84. The minimum absolute atomic E-state index is 0.118. The van der Waals surface area contributed by atoms with Gasteiger partial charge in [-0.3, -0.25) is 14.2 Å². The van der Waals surface area contributed by atoms with Crippen LogP contribution in [0.3, 0.4) is 0 Å². The number of benzene rings is 1. The van der Waals surface area contributed by atoms with Gasteiger partial charge < -0.3 is 5.32 Å². The van der Waals surface area contributed by atoms with Crippen molar-refractivity contribution in [3.05, 3.63) is 50.0 Å². The molecule has 1 aromatic carbocycles. The number of nitrogens with one attached hydrogen (secondary N) is 1. The number of thiophene rings is 1. The van der Waals surface area contributed by atoms with Crippen LogP contribution in [-0.2, 0) is 11.8 Å². The van der Waals surface area contributed by atoms with Crippen molar-refractivity contribution in [2.75, 3.05) is 5.32 Å². The smallest absolute Gasteiger partial charge is 0.271 e. The summed E-state index contributed by atoms with van der Waals surface area (Å²) < 4.78 is 2.06. The van der Waals surface area contributed by atoms with Gasteiger partial charge in [0.25, 0.3) is 5.56 Å². The Balaban J connectivity index is 1.81. The molecule has 3 aromatic rings. The summed E-state index contributed by atoms with van der Waals surface area (Å²) in [7, 11) is 1.65. The van der Waals surface area contributed by atoms with Crippen molar-refractivity contribution in [1.82, 2.24) is 9.55 Å². The molecule has 0 radical (unpaired) electrons. The van der Waals surface area contributed by atoms with Crippen LogP contribution in [0.5, 0.6) is 0 Å². The molecule has 1 unspecified atom stereocenters. The first kappa shape index (κ1) is 18.3. The van der Waals surface area contributed by atoms with Gasteiger partial charge in [0.1, 0.15) is 4.70 Å². The number of carbonyl (C=O) groups is 1. The van der Waals surface area contributed by atoms with Crippen molar-refractivity contribution < 1.29 is 4.79 Å². The Morgan fingerprint density at radius 2 is 2.12 bits per heavy atom. The highest BCUT2D eigenvalue weighted by atomic mass is 35.5. The minimum Gasteiger partial charge on any atom is -0.324 e. The van der Waals surface area contributed by atoms with Crippen LogP contribution in [0.1, 0.15) is 6.92 Å². The van der Waals surface area contributed by atoms with Crippen molar-refractivity contribution >= 4 is 68.1 Å². The van der Waals surface area contributed by atoms with Gasteiger partial charge in [0.15, 0.2) is 5.16 Å². The van der Waals surface area contributed by atoms with Gasteiger partial charge in [-0.1, -0.05) is 35.0 Å². The number of fused-ring (bicyclic) bond motifs is 1. The summed E-state index contributed by atoms with van der Waals surface area (Å²) in [5, 5.41) is 5.45. The molecule has 0 bridgehead atoms. The van der Waals surface area contributed by atoms with Crippen molar-refractivity contribution in [3.8, 4) is 0 Å². The second kappa shape index (κ2) is 7.37. The maximum absolute atomic E-state index is 12.4. The van der Waals surface area contributed by atoms with Gasteiger partial charge in [0.2, 0.25) is 5.91 Å². The molecule has 2 aromatic heterocycles. The highest BCUT2D eigenvalue weighted by Crippen LogP contribution is 2.28. The monoisotopic (exact) mass is 413 g/mol. The lowest BCUT2D eigenvalue weighted by molar-refractivity contribution is -0.115. The SMILES string of the molecule is CC(Sc1nc2ccsc2c(=O)n1C)C(=O)Nc1cc(Cl)ccc1Cl. The lowest BCUT2D eigenvalue weighted by Crippen LogP contribution is -2.25. The zero-order valence-electron chi connectivity index (χ0n) is 13.2. The van der Waals surface area contributed by atoms with Crippen molar-refractivity contribution in [2.24, 2.45) is 7.05 Å². The Kier molecular flexibility index (Phi) is 5.38. The predicted molar refractivity (Wildman–Crippen MR) is 105 cm³/mol. The van der Waals surface area contributed by atoms with Gasteiger partial charge in [-0.25, -0.2) is 4.98 Å². The average molecular weight is 414 g/mol. The predicted octanol–water partition coefficient (Wildman–Crippen LogP) is 4.42. The number of thioether (sulfide) groups is 1. The normalized spacial score (nSPS) is 12.3. The molecule has 0 fully saturated rings. The largest absolute Gasteiger partial charge is 0.324 e. The van der Waals surface area contributed by atoms with E-state index in [-0.39, 0.29) is 11.5 Å². The molecule has 0 aliphatic heterocycles. The first-order valence-corrected chi connectivity index (χ1v) is 9.75. The van der Waals surface area contributed by atoms with Crippen LogP contribution in [0.4, 0.5) is 5.69 Å². The molecule has 9 heteroatoms. The van der Waals surface area contributed by atoms with Gasteiger partial charge in [-0.05, 0) is 36.6 Å². The van der Waals surface area contributed by atoms with Crippen LogP contribution in [0.15, 0.2) is 39.6 Å². The molecule has 2 heterocycles. The average Bonchev–Trinajstić information content (AvgIpc) is 3.04. The maximum Gasteiger partial charge on any atom is 0.271 e.